The van der Waals surface area contributed by atoms with Crippen LogP contribution in [0.1, 0.15) is 37.3 Å². The zero-order valence-electron chi connectivity index (χ0n) is 13.4. The van der Waals surface area contributed by atoms with Crippen molar-refractivity contribution >= 4 is 6.03 Å². The predicted molar refractivity (Wildman–Crippen MR) is 86.5 cm³/mol. The van der Waals surface area contributed by atoms with Gasteiger partial charge in [-0.15, -0.1) is 0 Å². The Kier molecular flexibility index (Phi) is 4.12. The summed E-state index contributed by atoms with van der Waals surface area (Å²) in [6.45, 7) is 2.98. The van der Waals surface area contributed by atoms with E-state index < -0.39 is 0 Å². The predicted octanol–water partition coefficient (Wildman–Crippen LogP) is 2.72. The zero-order valence-corrected chi connectivity index (χ0v) is 13.4. The quantitative estimate of drug-likeness (QED) is 0.929. The third kappa shape index (κ3) is 3.44. The van der Waals surface area contributed by atoms with Gasteiger partial charge in [0, 0.05) is 25.3 Å². The van der Waals surface area contributed by atoms with Gasteiger partial charge >= 0.3 is 6.03 Å². The molecule has 0 spiro atoms. The number of carbonyl (C=O) groups excluding carboxylic acids is 1. The largest absolute Gasteiger partial charge is 0.491 e. The van der Waals surface area contributed by atoms with Gasteiger partial charge in [0.25, 0.3) is 0 Å². The molecular formula is C18H24N2O3. The average molecular weight is 316 g/mol. The molecule has 1 aromatic carbocycles. The lowest BCUT2D eigenvalue weighted by atomic mass is 10.1. The molecule has 2 fully saturated rings. The Bertz CT molecular complexity index is 565. The molecule has 2 amide bonds. The molecule has 1 N–H and O–H groups in total. The van der Waals surface area contributed by atoms with Crippen LogP contribution in [0.15, 0.2) is 24.3 Å². The number of nitrogens with one attached hydrogen (secondary N) is 1. The van der Waals surface area contributed by atoms with E-state index in [1.54, 1.807) is 0 Å². The van der Waals surface area contributed by atoms with Crippen molar-refractivity contribution < 1.29 is 14.3 Å². The lowest BCUT2D eigenvalue weighted by Gasteiger charge is -2.32. The molecule has 5 nitrogen and oxygen atoms in total. The van der Waals surface area contributed by atoms with Gasteiger partial charge in [0.2, 0.25) is 0 Å². The number of hydrogen-bond donors (Lipinski definition) is 1. The number of amides is 2. The molecule has 124 valence electrons. The maximum atomic E-state index is 12.5. The standard InChI is InChI=1S/C18H24N2O3/c21-18(19-16-12-23-17-4-2-1-3-15(16)17)20-9-7-14(8-10-20)22-11-13-5-6-13/h1-4,13-14,16H,5-12H2,(H,19,21)/t16-/m0/s1. The van der Waals surface area contributed by atoms with Crippen molar-refractivity contribution in [2.75, 3.05) is 26.3 Å². The van der Waals surface area contributed by atoms with Crippen LogP contribution < -0.4 is 10.1 Å². The van der Waals surface area contributed by atoms with Gasteiger partial charge in [-0.05, 0) is 37.7 Å². The number of hydrogen-bond acceptors (Lipinski definition) is 3. The van der Waals surface area contributed by atoms with E-state index in [-0.39, 0.29) is 12.1 Å². The smallest absolute Gasteiger partial charge is 0.318 e. The van der Waals surface area contributed by atoms with Crippen LogP contribution in [0.25, 0.3) is 0 Å². The molecule has 23 heavy (non-hydrogen) atoms. The topological polar surface area (TPSA) is 50.8 Å². The minimum absolute atomic E-state index is 0.0101. The summed E-state index contributed by atoms with van der Waals surface area (Å²) in [5, 5.41) is 3.10. The second-order valence-electron chi connectivity index (χ2n) is 6.81. The number of ether oxygens (including phenoxy) is 2. The highest BCUT2D eigenvalue weighted by molar-refractivity contribution is 5.75. The molecule has 5 heteroatoms. The molecule has 1 saturated heterocycles. The molecule has 1 atom stereocenters. The number of rotatable bonds is 4. The monoisotopic (exact) mass is 316 g/mol. The van der Waals surface area contributed by atoms with Crippen molar-refractivity contribution in [1.82, 2.24) is 10.2 Å². The molecule has 4 rings (SSSR count). The normalized spacial score (nSPS) is 24.2. The second-order valence-corrected chi connectivity index (χ2v) is 6.81. The van der Waals surface area contributed by atoms with E-state index in [1.807, 2.05) is 29.2 Å². The number of benzene rings is 1. The van der Waals surface area contributed by atoms with Gasteiger partial charge in [-0.1, -0.05) is 18.2 Å². The number of fused-ring (bicyclic) bond motifs is 1. The first-order valence-corrected chi connectivity index (χ1v) is 8.68. The maximum Gasteiger partial charge on any atom is 0.318 e. The fourth-order valence-corrected chi connectivity index (χ4v) is 3.30. The van der Waals surface area contributed by atoms with Crippen LogP contribution in [0.5, 0.6) is 5.75 Å². The Hall–Kier alpha value is -1.75. The number of nitrogens with zero attached hydrogens (tertiary/aromatic N) is 1. The van der Waals surface area contributed by atoms with Gasteiger partial charge in [-0.25, -0.2) is 4.79 Å². The van der Waals surface area contributed by atoms with Crippen LogP contribution in [0.3, 0.4) is 0 Å². The fourth-order valence-electron chi connectivity index (χ4n) is 3.30. The third-order valence-corrected chi connectivity index (χ3v) is 4.99. The van der Waals surface area contributed by atoms with Crippen LogP contribution in [-0.2, 0) is 4.74 Å². The van der Waals surface area contributed by atoms with E-state index in [0.29, 0.717) is 12.7 Å². The molecule has 0 unspecified atom stereocenters. The van der Waals surface area contributed by atoms with Crippen molar-refractivity contribution in [1.29, 1.82) is 0 Å². The Morgan fingerprint density at radius 1 is 1.22 bits per heavy atom. The summed E-state index contributed by atoms with van der Waals surface area (Å²) in [6, 6.07) is 7.87. The average Bonchev–Trinajstić information content (AvgIpc) is 3.34. The second kappa shape index (κ2) is 6.40. The lowest BCUT2D eigenvalue weighted by Crippen LogP contribution is -2.47. The summed E-state index contributed by atoms with van der Waals surface area (Å²) >= 11 is 0. The Balaban J connectivity index is 1.26. The molecular weight excluding hydrogens is 292 g/mol. The van der Waals surface area contributed by atoms with Crippen molar-refractivity contribution in [3.8, 4) is 5.75 Å². The van der Waals surface area contributed by atoms with Gasteiger partial charge in [0.1, 0.15) is 12.4 Å². The van der Waals surface area contributed by atoms with E-state index >= 15 is 0 Å². The minimum Gasteiger partial charge on any atom is -0.491 e. The van der Waals surface area contributed by atoms with Crippen LogP contribution in [0.4, 0.5) is 4.79 Å². The first-order chi connectivity index (χ1) is 11.3. The highest BCUT2D eigenvalue weighted by Gasteiger charge is 2.30. The number of likely N-dealkylation sites (tertiary alicyclic amines) is 1. The van der Waals surface area contributed by atoms with E-state index in [9.17, 15) is 4.79 Å². The molecule has 1 aromatic rings. The Labute approximate surface area is 136 Å². The first-order valence-electron chi connectivity index (χ1n) is 8.68. The van der Waals surface area contributed by atoms with Crippen LogP contribution >= 0.6 is 0 Å². The number of piperidine rings is 1. The van der Waals surface area contributed by atoms with E-state index in [2.05, 4.69) is 5.32 Å². The lowest BCUT2D eigenvalue weighted by molar-refractivity contribution is 0.00924. The van der Waals surface area contributed by atoms with Crippen LogP contribution in [0, 0.1) is 5.92 Å². The van der Waals surface area contributed by atoms with E-state index in [1.165, 1.54) is 12.8 Å². The molecule has 2 aliphatic heterocycles. The fraction of sp³-hybridized carbons (Fsp3) is 0.611. The Morgan fingerprint density at radius 3 is 2.78 bits per heavy atom. The van der Waals surface area contributed by atoms with Crippen LogP contribution in [0.2, 0.25) is 0 Å². The van der Waals surface area contributed by atoms with Gasteiger partial charge < -0.3 is 19.7 Å². The van der Waals surface area contributed by atoms with Crippen LogP contribution in [-0.4, -0.2) is 43.3 Å². The summed E-state index contributed by atoms with van der Waals surface area (Å²) in [6.07, 6.45) is 4.86. The Morgan fingerprint density at radius 2 is 2.00 bits per heavy atom. The first kappa shape index (κ1) is 14.8. The third-order valence-electron chi connectivity index (χ3n) is 4.99. The van der Waals surface area contributed by atoms with E-state index in [0.717, 1.165) is 49.8 Å². The van der Waals surface area contributed by atoms with E-state index in [4.69, 9.17) is 9.47 Å². The summed E-state index contributed by atoms with van der Waals surface area (Å²) in [7, 11) is 0. The maximum absolute atomic E-state index is 12.5. The number of urea groups is 1. The summed E-state index contributed by atoms with van der Waals surface area (Å²) < 4.78 is 11.6. The summed E-state index contributed by atoms with van der Waals surface area (Å²) in [4.78, 5) is 14.4. The number of carbonyl (C=O) groups is 1. The summed E-state index contributed by atoms with van der Waals surface area (Å²) in [5.41, 5.74) is 1.07. The molecule has 0 aromatic heterocycles. The zero-order chi connectivity index (χ0) is 15.6. The molecule has 0 bridgehead atoms. The van der Waals surface area contributed by atoms with Crippen molar-refractivity contribution in [3.05, 3.63) is 29.8 Å². The van der Waals surface area contributed by atoms with Gasteiger partial charge in [-0.3, -0.25) is 0 Å². The molecule has 2 heterocycles. The molecule has 1 saturated carbocycles. The van der Waals surface area contributed by atoms with Gasteiger partial charge in [-0.2, -0.15) is 0 Å². The summed E-state index contributed by atoms with van der Waals surface area (Å²) in [5.74, 6) is 1.68. The molecule has 1 aliphatic carbocycles. The van der Waals surface area contributed by atoms with Crippen molar-refractivity contribution in [3.63, 3.8) is 0 Å². The highest BCUT2D eigenvalue weighted by atomic mass is 16.5. The number of para-hydroxylation sites is 1. The van der Waals surface area contributed by atoms with Crippen molar-refractivity contribution in [2.24, 2.45) is 5.92 Å². The van der Waals surface area contributed by atoms with Crippen molar-refractivity contribution in [2.45, 2.75) is 37.8 Å². The van der Waals surface area contributed by atoms with Gasteiger partial charge in [0.15, 0.2) is 0 Å². The SMILES string of the molecule is O=C(N[C@H]1COc2ccccc21)N1CCC(OCC2CC2)CC1. The highest BCUT2D eigenvalue weighted by Crippen LogP contribution is 2.32. The van der Waals surface area contributed by atoms with Gasteiger partial charge in [0.05, 0.1) is 12.1 Å². The molecule has 3 aliphatic rings. The minimum atomic E-state index is -0.0393. The molecule has 0 radical (unpaired) electrons.